The minimum atomic E-state index is -0.772. The van der Waals surface area contributed by atoms with E-state index in [9.17, 15) is 4.79 Å². The first-order valence-electron chi connectivity index (χ1n) is 4.99. The lowest BCUT2D eigenvalue weighted by molar-refractivity contribution is -0.139. The molecule has 0 saturated heterocycles. The Kier molecular flexibility index (Phi) is 4.15. The van der Waals surface area contributed by atoms with E-state index in [-0.39, 0.29) is 0 Å². The van der Waals surface area contributed by atoms with E-state index in [0.717, 1.165) is 5.56 Å². The number of hydrogen-bond donors (Lipinski definition) is 1. The van der Waals surface area contributed by atoms with Crippen molar-refractivity contribution in [2.24, 2.45) is 5.92 Å². The van der Waals surface area contributed by atoms with Crippen LogP contribution in [-0.2, 0) is 4.79 Å². The molecule has 2 nitrogen and oxygen atoms in total. The van der Waals surface area contributed by atoms with E-state index in [0.29, 0.717) is 17.4 Å². The molecular formula is C12H15ClO2. The van der Waals surface area contributed by atoms with Crippen LogP contribution in [-0.4, -0.2) is 11.1 Å². The normalized spacial score (nSPS) is 12.8. The average molecular weight is 227 g/mol. The summed E-state index contributed by atoms with van der Waals surface area (Å²) >= 11 is 5.75. The molecule has 0 saturated carbocycles. The van der Waals surface area contributed by atoms with Gasteiger partial charge in [0.15, 0.2) is 0 Å². The molecule has 0 unspecified atom stereocenters. The molecule has 0 aliphatic heterocycles. The highest BCUT2D eigenvalue weighted by atomic mass is 35.5. The maximum Gasteiger partial charge on any atom is 0.310 e. The van der Waals surface area contributed by atoms with Crippen LogP contribution < -0.4 is 0 Å². The zero-order chi connectivity index (χ0) is 11.4. The molecule has 0 radical (unpaired) electrons. The van der Waals surface area contributed by atoms with Crippen molar-refractivity contribution < 1.29 is 9.90 Å². The monoisotopic (exact) mass is 226 g/mol. The van der Waals surface area contributed by atoms with Crippen LogP contribution in [0, 0.1) is 5.92 Å². The van der Waals surface area contributed by atoms with E-state index in [4.69, 9.17) is 16.7 Å². The third-order valence-corrected chi connectivity index (χ3v) is 2.53. The predicted molar refractivity (Wildman–Crippen MR) is 61.3 cm³/mol. The van der Waals surface area contributed by atoms with Crippen molar-refractivity contribution in [3.05, 3.63) is 34.9 Å². The van der Waals surface area contributed by atoms with Crippen LogP contribution in [0.15, 0.2) is 24.3 Å². The van der Waals surface area contributed by atoms with E-state index in [1.807, 2.05) is 13.8 Å². The van der Waals surface area contributed by atoms with Gasteiger partial charge in [-0.3, -0.25) is 4.79 Å². The molecule has 0 aliphatic carbocycles. The lowest BCUT2D eigenvalue weighted by Gasteiger charge is -2.14. The molecule has 1 aromatic carbocycles. The Morgan fingerprint density at radius 2 is 1.87 bits per heavy atom. The molecule has 1 aromatic rings. The molecule has 3 heteroatoms. The third kappa shape index (κ3) is 3.56. The number of benzene rings is 1. The third-order valence-electron chi connectivity index (χ3n) is 2.28. The van der Waals surface area contributed by atoms with Crippen LogP contribution >= 0.6 is 11.6 Å². The van der Waals surface area contributed by atoms with Crippen molar-refractivity contribution in [3.8, 4) is 0 Å². The summed E-state index contributed by atoms with van der Waals surface area (Å²) in [5, 5.41) is 9.74. The lowest BCUT2D eigenvalue weighted by atomic mass is 9.90. The van der Waals surface area contributed by atoms with Gasteiger partial charge in [0.1, 0.15) is 0 Å². The summed E-state index contributed by atoms with van der Waals surface area (Å²) in [7, 11) is 0. The molecule has 0 spiro atoms. The molecule has 0 amide bonds. The smallest absolute Gasteiger partial charge is 0.310 e. The van der Waals surface area contributed by atoms with Gasteiger partial charge in [-0.25, -0.2) is 0 Å². The Morgan fingerprint density at radius 1 is 1.33 bits per heavy atom. The molecule has 0 heterocycles. The summed E-state index contributed by atoms with van der Waals surface area (Å²) < 4.78 is 0. The number of aliphatic carboxylic acids is 1. The summed E-state index contributed by atoms with van der Waals surface area (Å²) in [6, 6.07) is 7.02. The first-order chi connectivity index (χ1) is 7.00. The fraction of sp³-hybridized carbons (Fsp3) is 0.417. The number of hydrogen-bond acceptors (Lipinski definition) is 1. The molecule has 82 valence electrons. The highest BCUT2D eigenvalue weighted by molar-refractivity contribution is 6.30. The van der Waals surface area contributed by atoms with Crippen LogP contribution in [0.1, 0.15) is 31.7 Å². The van der Waals surface area contributed by atoms with E-state index >= 15 is 0 Å². The topological polar surface area (TPSA) is 37.3 Å². The van der Waals surface area contributed by atoms with Gasteiger partial charge >= 0.3 is 5.97 Å². The highest BCUT2D eigenvalue weighted by Gasteiger charge is 2.20. The fourth-order valence-corrected chi connectivity index (χ4v) is 1.67. The molecule has 15 heavy (non-hydrogen) atoms. The maximum absolute atomic E-state index is 11.1. The zero-order valence-corrected chi connectivity index (χ0v) is 9.66. The Labute approximate surface area is 94.9 Å². The van der Waals surface area contributed by atoms with Gasteiger partial charge in [0.25, 0.3) is 0 Å². The van der Waals surface area contributed by atoms with Gasteiger partial charge in [-0.1, -0.05) is 37.6 Å². The van der Waals surface area contributed by atoms with Crippen LogP contribution in [0.4, 0.5) is 0 Å². The van der Waals surface area contributed by atoms with Gasteiger partial charge in [0.2, 0.25) is 0 Å². The molecule has 0 aromatic heterocycles. The van der Waals surface area contributed by atoms with E-state index in [1.54, 1.807) is 24.3 Å². The largest absolute Gasteiger partial charge is 0.481 e. The van der Waals surface area contributed by atoms with Crippen LogP contribution in [0.25, 0.3) is 0 Å². The van der Waals surface area contributed by atoms with Crippen LogP contribution in [0.3, 0.4) is 0 Å². The van der Waals surface area contributed by atoms with Crippen LogP contribution in [0.5, 0.6) is 0 Å². The second kappa shape index (κ2) is 5.17. The van der Waals surface area contributed by atoms with Crippen molar-refractivity contribution in [3.63, 3.8) is 0 Å². The zero-order valence-electron chi connectivity index (χ0n) is 8.90. The molecular weight excluding hydrogens is 212 g/mol. The second-order valence-corrected chi connectivity index (χ2v) is 4.51. The summed E-state index contributed by atoms with van der Waals surface area (Å²) in [5.74, 6) is -0.838. The standard InChI is InChI=1S/C12H15ClO2/c1-8(2)7-11(12(14)15)9-3-5-10(13)6-4-9/h3-6,8,11H,7H2,1-2H3,(H,14,15)/t11-/m0/s1. The minimum absolute atomic E-state index is 0.363. The first-order valence-corrected chi connectivity index (χ1v) is 5.36. The summed E-state index contributed by atoms with van der Waals surface area (Å²) in [4.78, 5) is 11.1. The van der Waals surface area contributed by atoms with Gasteiger partial charge in [-0.2, -0.15) is 0 Å². The Hall–Kier alpha value is -1.02. The number of rotatable bonds is 4. The number of carbonyl (C=O) groups is 1. The maximum atomic E-state index is 11.1. The first kappa shape index (κ1) is 12.1. The van der Waals surface area contributed by atoms with Gasteiger partial charge in [0.05, 0.1) is 5.92 Å². The number of carboxylic acids is 1. The highest BCUT2D eigenvalue weighted by Crippen LogP contribution is 2.25. The summed E-state index contributed by atoms with van der Waals surface area (Å²) in [6.45, 7) is 4.04. The van der Waals surface area contributed by atoms with Gasteiger partial charge < -0.3 is 5.11 Å². The van der Waals surface area contributed by atoms with Gasteiger partial charge in [-0.05, 0) is 30.0 Å². The van der Waals surface area contributed by atoms with Gasteiger partial charge in [0, 0.05) is 5.02 Å². The number of carboxylic acid groups (broad SMARTS) is 1. The van der Waals surface area contributed by atoms with Crippen molar-refractivity contribution in [2.45, 2.75) is 26.2 Å². The molecule has 1 atom stereocenters. The van der Waals surface area contributed by atoms with Crippen molar-refractivity contribution in [1.29, 1.82) is 0 Å². The van der Waals surface area contributed by atoms with E-state index in [1.165, 1.54) is 0 Å². The van der Waals surface area contributed by atoms with E-state index in [2.05, 4.69) is 0 Å². The van der Waals surface area contributed by atoms with Gasteiger partial charge in [-0.15, -0.1) is 0 Å². The van der Waals surface area contributed by atoms with Crippen LogP contribution in [0.2, 0.25) is 5.02 Å². The Bertz CT molecular complexity index is 330. The van der Waals surface area contributed by atoms with Crippen molar-refractivity contribution in [2.75, 3.05) is 0 Å². The molecule has 0 bridgehead atoms. The molecule has 0 aliphatic rings. The number of halogens is 1. The lowest BCUT2D eigenvalue weighted by Crippen LogP contribution is -2.13. The SMILES string of the molecule is CC(C)C[C@H](C(=O)O)c1ccc(Cl)cc1. The second-order valence-electron chi connectivity index (χ2n) is 4.07. The minimum Gasteiger partial charge on any atom is -0.481 e. The molecule has 1 N–H and O–H groups in total. The summed E-state index contributed by atoms with van der Waals surface area (Å²) in [6.07, 6.45) is 0.650. The molecule has 0 fully saturated rings. The summed E-state index contributed by atoms with van der Waals surface area (Å²) in [5.41, 5.74) is 0.820. The molecule has 1 rings (SSSR count). The Balaban J connectivity index is 2.89. The fourth-order valence-electron chi connectivity index (χ4n) is 1.55. The quantitative estimate of drug-likeness (QED) is 0.853. The van der Waals surface area contributed by atoms with Crippen molar-refractivity contribution in [1.82, 2.24) is 0 Å². The van der Waals surface area contributed by atoms with Crippen molar-refractivity contribution >= 4 is 17.6 Å². The van der Waals surface area contributed by atoms with E-state index < -0.39 is 11.9 Å². The average Bonchev–Trinajstić information content (AvgIpc) is 2.15. The Morgan fingerprint density at radius 3 is 2.27 bits per heavy atom. The predicted octanol–water partition coefficient (Wildman–Crippen LogP) is 3.55.